The quantitative estimate of drug-likeness (QED) is 0.568. The summed E-state index contributed by atoms with van der Waals surface area (Å²) < 4.78 is 11.8. The second-order valence-electron chi connectivity index (χ2n) is 5.65. The van der Waals surface area contributed by atoms with Crippen LogP contribution in [0.25, 0.3) is 0 Å². The number of carbonyl (C=O) groups is 2. The maximum Gasteiger partial charge on any atom is 0.338 e. The van der Waals surface area contributed by atoms with Gasteiger partial charge in [-0.1, -0.05) is 23.9 Å². The predicted octanol–water partition coefficient (Wildman–Crippen LogP) is 1.40. The first kappa shape index (κ1) is 18.8. The van der Waals surface area contributed by atoms with Crippen LogP contribution in [0.3, 0.4) is 0 Å². The molecule has 2 heterocycles. The molecule has 142 valence electrons. The van der Waals surface area contributed by atoms with Crippen molar-refractivity contribution in [1.82, 2.24) is 25.4 Å². The Morgan fingerprint density at radius 1 is 1.37 bits per heavy atom. The Labute approximate surface area is 160 Å². The van der Waals surface area contributed by atoms with Crippen LogP contribution in [0.4, 0.5) is 4.79 Å². The predicted molar refractivity (Wildman–Crippen MR) is 98.2 cm³/mol. The second-order valence-corrected chi connectivity index (χ2v) is 6.59. The molecule has 9 nitrogen and oxygen atoms in total. The Bertz CT molecular complexity index is 895. The summed E-state index contributed by atoms with van der Waals surface area (Å²) in [6, 6.07) is 6.12. The van der Waals surface area contributed by atoms with Gasteiger partial charge in [0.2, 0.25) is 0 Å². The third kappa shape index (κ3) is 4.05. The lowest BCUT2D eigenvalue weighted by molar-refractivity contribution is -0.136. The van der Waals surface area contributed by atoms with Gasteiger partial charge in [-0.25, -0.2) is 19.3 Å². The Balaban J connectivity index is 1.98. The van der Waals surface area contributed by atoms with Crippen molar-refractivity contribution in [3.8, 4) is 5.75 Å². The Morgan fingerprint density at radius 3 is 2.85 bits per heavy atom. The smallest absolute Gasteiger partial charge is 0.338 e. The van der Waals surface area contributed by atoms with Gasteiger partial charge in [-0.05, 0) is 17.7 Å². The van der Waals surface area contributed by atoms with Crippen molar-refractivity contribution in [2.24, 2.45) is 7.05 Å². The van der Waals surface area contributed by atoms with Crippen LogP contribution in [0.5, 0.6) is 5.75 Å². The molecule has 10 heteroatoms. The number of amides is 2. The third-order valence-electron chi connectivity index (χ3n) is 4.00. The molecular weight excluding hydrogens is 370 g/mol. The molecule has 27 heavy (non-hydrogen) atoms. The Hall–Kier alpha value is -3.01. The highest BCUT2D eigenvalue weighted by Gasteiger charge is 2.33. The lowest BCUT2D eigenvalue weighted by Gasteiger charge is -2.29. The molecule has 3 rings (SSSR count). The first-order chi connectivity index (χ1) is 13.0. The lowest BCUT2D eigenvalue weighted by atomic mass is 9.95. The van der Waals surface area contributed by atoms with Crippen molar-refractivity contribution in [2.75, 3.05) is 20.0 Å². The fraction of sp³-hybridized carbons (Fsp3) is 0.294. The van der Waals surface area contributed by atoms with E-state index in [-0.39, 0.29) is 0 Å². The van der Waals surface area contributed by atoms with Gasteiger partial charge in [-0.2, -0.15) is 5.10 Å². The van der Waals surface area contributed by atoms with Crippen LogP contribution in [0.1, 0.15) is 11.6 Å². The van der Waals surface area contributed by atoms with E-state index in [1.54, 1.807) is 37.0 Å². The highest BCUT2D eigenvalue weighted by molar-refractivity contribution is 7.99. The lowest BCUT2D eigenvalue weighted by Crippen LogP contribution is -2.46. The van der Waals surface area contributed by atoms with Gasteiger partial charge in [-0.3, -0.25) is 0 Å². The molecule has 1 atom stereocenters. The number of hydrogen-bond donors (Lipinski definition) is 2. The fourth-order valence-corrected chi connectivity index (χ4v) is 3.56. The van der Waals surface area contributed by atoms with Gasteiger partial charge >= 0.3 is 12.0 Å². The Kier molecular flexibility index (Phi) is 5.65. The number of aromatic nitrogens is 3. The highest BCUT2D eigenvalue weighted by atomic mass is 32.2. The van der Waals surface area contributed by atoms with Gasteiger partial charge < -0.3 is 20.1 Å². The largest absolute Gasteiger partial charge is 0.497 e. The molecule has 0 saturated heterocycles. The second kappa shape index (κ2) is 8.12. The first-order valence-electron chi connectivity index (χ1n) is 8.03. The van der Waals surface area contributed by atoms with E-state index < -0.39 is 18.0 Å². The molecule has 2 N–H and O–H groups in total. The van der Waals surface area contributed by atoms with E-state index in [9.17, 15) is 9.59 Å². The number of nitrogens with one attached hydrogen (secondary N) is 2. The van der Waals surface area contributed by atoms with Crippen LogP contribution in [0, 0.1) is 0 Å². The van der Waals surface area contributed by atoms with Crippen molar-refractivity contribution < 1.29 is 19.1 Å². The number of nitrogens with zero attached hydrogens (tertiary/aromatic N) is 3. The van der Waals surface area contributed by atoms with Crippen LogP contribution in [0.15, 0.2) is 47.0 Å². The summed E-state index contributed by atoms with van der Waals surface area (Å²) in [5.41, 5.74) is 1.51. The van der Waals surface area contributed by atoms with Crippen molar-refractivity contribution in [3.63, 3.8) is 0 Å². The molecule has 1 aliphatic rings. The fourth-order valence-electron chi connectivity index (χ4n) is 2.71. The molecule has 1 aromatic carbocycles. The average Bonchev–Trinajstić information content (AvgIpc) is 3.10. The van der Waals surface area contributed by atoms with Crippen LogP contribution >= 0.6 is 11.8 Å². The molecule has 0 unspecified atom stereocenters. The average molecular weight is 389 g/mol. The number of esters is 1. The van der Waals surface area contributed by atoms with Gasteiger partial charge in [-0.15, -0.1) is 0 Å². The molecule has 1 aliphatic heterocycles. The molecule has 0 spiro atoms. The van der Waals surface area contributed by atoms with E-state index in [1.165, 1.54) is 25.2 Å². The monoisotopic (exact) mass is 389 g/mol. The van der Waals surface area contributed by atoms with Crippen LogP contribution in [0.2, 0.25) is 0 Å². The van der Waals surface area contributed by atoms with Crippen LogP contribution in [-0.4, -0.2) is 46.7 Å². The molecule has 0 bridgehead atoms. The summed E-state index contributed by atoms with van der Waals surface area (Å²) in [4.78, 5) is 28.9. The van der Waals surface area contributed by atoms with Gasteiger partial charge in [0, 0.05) is 18.5 Å². The number of ether oxygens (including phenoxy) is 2. The SMILES string of the molecule is COC(=O)C1=C(CSc2ncnn2C)NC(=O)N[C@@H]1c1cccc(OC)c1. The summed E-state index contributed by atoms with van der Waals surface area (Å²) in [7, 11) is 4.63. The number of hydrogen-bond acceptors (Lipinski definition) is 7. The number of benzene rings is 1. The normalized spacial score (nSPS) is 16.6. The summed E-state index contributed by atoms with van der Waals surface area (Å²) in [5, 5.41) is 10.2. The highest BCUT2D eigenvalue weighted by Crippen LogP contribution is 2.31. The van der Waals surface area contributed by atoms with Crippen LogP contribution < -0.4 is 15.4 Å². The van der Waals surface area contributed by atoms with E-state index in [0.717, 1.165) is 0 Å². The zero-order valence-electron chi connectivity index (χ0n) is 15.1. The zero-order valence-corrected chi connectivity index (χ0v) is 15.9. The van der Waals surface area contributed by atoms with E-state index in [0.29, 0.717) is 33.5 Å². The minimum Gasteiger partial charge on any atom is -0.497 e. The van der Waals surface area contributed by atoms with Crippen molar-refractivity contribution in [1.29, 1.82) is 0 Å². The third-order valence-corrected chi connectivity index (χ3v) is 5.06. The molecule has 2 amide bonds. The number of aryl methyl sites for hydroxylation is 1. The minimum absolute atomic E-state index is 0.324. The van der Waals surface area contributed by atoms with E-state index in [1.807, 2.05) is 6.07 Å². The number of urea groups is 1. The number of carbonyl (C=O) groups excluding carboxylic acids is 2. The standard InChI is InChI=1S/C17H19N5O4S/c1-22-17(18-9-19-22)27-8-12-13(15(23)26-3)14(21-16(24)20-12)10-5-4-6-11(7-10)25-2/h4-7,9,14H,8H2,1-3H3,(H2,20,21,24)/t14-/m1/s1. The number of methoxy groups -OCH3 is 2. The van der Waals surface area contributed by atoms with Gasteiger partial charge in [0.25, 0.3) is 0 Å². The van der Waals surface area contributed by atoms with Gasteiger partial charge in [0.05, 0.1) is 25.8 Å². The molecule has 0 aliphatic carbocycles. The topological polar surface area (TPSA) is 107 Å². The Morgan fingerprint density at radius 2 is 2.19 bits per heavy atom. The summed E-state index contributed by atoms with van der Waals surface area (Å²) in [5.74, 6) is 0.425. The molecule has 0 fully saturated rings. The van der Waals surface area contributed by atoms with Crippen molar-refractivity contribution in [3.05, 3.63) is 47.4 Å². The minimum atomic E-state index is -0.656. The van der Waals surface area contributed by atoms with E-state index >= 15 is 0 Å². The summed E-state index contributed by atoms with van der Waals surface area (Å²) >= 11 is 1.36. The van der Waals surface area contributed by atoms with Crippen molar-refractivity contribution >= 4 is 23.8 Å². The molecule has 2 aromatic rings. The molecular formula is C17H19N5O4S. The van der Waals surface area contributed by atoms with E-state index in [4.69, 9.17) is 9.47 Å². The summed E-state index contributed by atoms with van der Waals surface area (Å²) in [6.45, 7) is 0. The van der Waals surface area contributed by atoms with Crippen LogP contribution in [-0.2, 0) is 16.6 Å². The summed E-state index contributed by atoms with van der Waals surface area (Å²) in [6.07, 6.45) is 1.44. The zero-order chi connectivity index (χ0) is 19.4. The molecule has 1 aromatic heterocycles. The number of rotatable bonds is 6. The first-order valence-corrected chi connectivity index (χ1v) is 9.01. The van der Waals surface area contributed by atoms with Crippen molar-refractivity contribution in [2.45, 2.75) is 11.2 Å². The maximum absolute atomic E-state index is 12.5. The maximum atomic E-state index is 12.5. The van der Waals surface area contributed by atoms with E-state index in [2.05, 4.69) is 20.7 Å². The molecule has 0 radical (unpaired) electrons. The molecule has 0 saturated carbocycles. The van der Waals surface area contributed by atoms with Gasteiger partial charge in [0.15, 0.2) is 5.16 Å². The van der Waals surface area contributed by atoms with Gasteiger partial charge in [0.1, 0.15) is 12.1 Å². The number of thioether (sulfide) groups is 1.